The Morgan fingerprint density at radius 3 is 2.33 bits per heavy atom. The Bertz CT molecular complexity index is 730. The molecule has 1 fully saturated rings. The molecule has 2 aromatic heterocycles. The van der Waals surface area contributed by atoms with E-state index in [9.17, 15) is 9.59 Å². The van der Waals surface area contributed by atoms with Crippen LogP contribution in [0.3, 0.4) is 0 Å². The molecule has 0 N–H and O–H groups in total. The van der Waals surface area contributed by atoms with E-state index in [1.807, 2.05) is 4.90 Å². The van der Waals surface area contributed by atoms with Crippen LogP contribution in [0.25, 0.3) is 0 Å². The lowest BCUT2D eigenvalue weighted by Gasteiger charge is -2.34. The number of piperazine rings is 1. The SMILES string of the molecule is COC(=O)c1cccc(C(=O)N2CCN(c3ncccn3)CC2)n1. The number of hydrogen-bond acceptors (Lipinski definition) is 7. The average molecular weight is 327 g/mol. The first-order valence-electron chi connectivity index (χ1n) is 7.55. The van der Waals surface area contributed by atoms with Crippen LogP contribution in [0.15, 0.2) is 36.7 Å². The number of ether oxygens (including phenoxy) is 1. The second kappa shape index (κ2) is 7.03. The number of esters is 1. The quantitative estimate of drug-likeness (QED) is 0.764. The molecule has 0 bridgehead atoms. The van der Waals surface area contributed by atoms with Crippen molar-refractivity contribution >= 4 is 17.8 Å². The summed E-state index contributed by atoms with van der Waals surface area (Å²) in [6.45, 7) is 2.38. The standard InChI is InChI=1S/C16H17N5O3/c1-24-15(23)13-5-2-4-12(19-13)14(22)20-8-10-21(11-9-20)16-17-6-3-7-18-16/h2-7H,8-11H2,1H3. The Morgan fingerprint density at radius 2 is 1.67 bits per heavy atom. The number of rotatable bonds is 3. The molecule has 24 heavy (non-hydrogen) atoms. The van der Waals surface area contributed by atoms with Crippen molar-refractivity contribution in [3.05, 3.63) is 48.0 Å². The first kappa shape index (κ1) is 15.9. The van der Waals surface area contributed by atoms with E-state index >= 15 is 0 Å². The molecule has 1 aliphatic heterocycles. The largest absolute Gasteiger partial charge is 0.464 e. The minimum atomic E-state index is -0.560. The van der Waals surface area contributed by atoms with Gasteiger partial charge in [0.25, 0.3) is 5.91 Å². The summed E-state index contributed by atoms with van der Waals surface area (Å²) in [4.78, 5) is 40.4. The molecule has 1 aliphatic rings. The van der Waals surface area contributed by atoms with Crippen molar-refractivity contribution in [3.8, 4) is 0 Å². The Kier molecular flexibility index (Phi) is 4.64. The molecule has 0 aliphatic carbocycles. The molecule has 0 radical (unpaired) electrons. The van der Waals surface area contributed by atoms with Crippen molar-refractivity contribution in [1.29, 1.82) is 0 Å². The van der Waals surface area contributed by atoms with Gasteiger partial charge in [0, 0.05) is 38.6 Å². The Hall–Kier alpha value is -3.03. The maximum absolute atomic E-state index is 12.6. The maximum atomic E-state index is 12.6. The molecule has 0 aromatic carbocycles. The molecule has 3 heterocycles. The highest BCUT2D eigenvalue weighted by Crippen LogP contribution is 2.12. The zero-order chi connectivity index (χ0) is 16.9. The molecular formula is C16H17N5O3. The van der Waals surface area contributed by atoms with Crippen LogP contribution in [0.4, 0.5) is 5.95 Å². The number of amides is 1. The van der Waals surface area contributed by atoms with Crippen molar-refractivity contribution in [2.24, 2.45) is 0 Å². The fourth-order valence-electron chi connectivity index (χ4n) is 2.50. The Balaban J connectivity index is 1.66. The van der Waals surface area contributed by atoms with Crippen molar-refractivity contribution < 1.29 is 14.3 Å². The van der Waals surface area contributed by atoms with E-state index in [1.54, 1.807) is 35.5 Å². The first-order chi connectivity index (χ1) is 11.7. The van der Waals surface area contributed by atoms with Crippen LogP contribution in [0.2, 0.25) is 0 Å². The molecule has 0 spiro atoms. The summed E-state index contributed by atoms with van der Waals surface area (Å²) >= 11 is 0. The van der Waals surface area contributed by atoms with Gasteiger partial charge in [0.05, 0.1) is 7.11 Å². The highest BCUT2D eigenvalue weighted by atomic mass is 16.5. The molecule has 2 aromatic rings. The second-order valence-electron chi connectivity index (χ2n) is 5.23. The monoisotopic (exact) mass is 327 g/mol. The van der Waals surface area contributed by atoms with Crippen LogP contribution >= 0.6 is 0 Å². The van der Waals surface area contributed by atoms with Crippen molar-refractivity contribution in [3.63, 3.8) is 0 Å². The Morgan fingerprint density at radius 1 is 1.00 bits per heavy atom. The highest BCUT2D eigenvalue weighted by molar-refractivity contribution is 5.94. The maximum Gasteiger partial charge on any atom is 0.356 e. The van der Waals surface area contributed by atoms with Crippen molar-refractivity contribution in [1.82, 2.24) is 19.9 Å². The van der Waals surface area contributed by atoms with Crippen molar-refractivity contribution in [2.45, 2.75) is 0 Å². The van der Waals surface area contributed by atoms with Crippen LogP contribution in [-0.4, -0.2) is 65.0 Å². The number of carbonyl (C=O) groups excluding carboxylic acids is 2. The normalized spacial score (nSPS) is 14.4. The molecule has 8 heteroatoms. The average Bonchev–Trinajstić information content (AvgIpc) is 2.67. The summed E-state index contributed by atoms with van der Waals surface area (Å²) in [6.07, 6.45) is 3.39. The summed E-state index contributed by atoms with van der Waals surface area (Å²) < 4.78 is 4.63. The molecule has 0 saturated carbocycles. The zero-order valence-corrected chi connectivity index (χ0v) is 13.3. The van der Waals surface area contributed by atoms with E-state index in [-0.39, 0.29) is 17.3 Å². The third kappa shape index (κ3) is 3.32. The van der Waals surface area contributed by atoms with Gasteiger partial charge in [-0.2, -0.15) is 0 Å². The molecule has 124 valence electrons. The topological polar surface area (TPSA) is 88.5 Å². The number of methoxy groups -OCH3 is 1. The van der Waals surface area contributed by atoms with Gasteiger partial charge in [0.2, 0.25) is 5.95 Å². The third-order valence-electron chi connectivity index (χ3n) is 3.76. The van der Waals surface area contributed by atoms with Gasteiger partial charge in [0.15, 0.2) is 0 Å². The Labute approximate surface area is 139 Å². The molecular weight excluding hydrogens is 310 g/mol. The zero-order valence-electron chi connectivity index (χ0n) is 13.3. The number of hydrogen-bond donors (Lipinski definition) is 0. The number of anilines is 1. The van der Waals surface area contributed by atoms with Gasteiger partial charge in [-0.1, -0.05) is 6.07 Å². The summed E-state index contributed by atoms with van der Waals surface area (Å²) in [5.41, 5.74) is 0.363. The van der Waals surface area contributed by atoms with Crippen LogP contribution in [0.5, 0.6) is 0 Å². The smallest absolute Gasteiger partial charge is 0.356 e. The van der Waals surface area contributed by atoms with E-state index in [0.717, 1.165) is 0 Å². The minimum Gasteiger partial charge on any atom is -0.464 e. The van der Waals surface area contributed by atoms with Gasteiger partial charge in [-0.3, -0.25) is 4.79 Å². The number of pyridine rings is 1. The second-order valence-corrected chi connectivity index (χ2v) is 5.23. The fourth-order valence-corrected chi connectivity index (χ4v) is 2.50. The number of carbonyl (C=O) groups is 2. The summed E-state index contributed by atoms with van der Waals surface area (Å²) in [5, 5.41) is 0. The predicted molar refractivity (Wildman–Crippen MR) is 85.7 cm³/mol. The van der Waals surface area contributed by atoms with Crippen LogP contribution in [0, 0.1) is 0 Å². The molecule has 8 nitrogen and oxygen atoms in total. The van der Waals surface area contributed by atoms with E-state index in [2.05, 4.69) is 19.7 Å². The fraction of sp³-hybridized carbons (Fsp3) is 0.312. The lowest BCUT2D eigenvalue weighted by atomic mass is 10.2. The van der Waals surface area contributed by atoms with Gasteiger partial charge in [-0.25, -0.2) is 19.7 Å². The molecule has 0 unspecified atom stereocenters. The van der Waals surface area contributed by atoms with Crippen LogP contribution in [0.1, 0.15) is 21.0 Å². The molecule has 1 amide bonds. The van der Waals surface area contributed by atoms with Crippen LogP contribution < -0.4 is 4.90 Å². The third-order valence-corrected chi connectivity index (χ3v) is 3.76. The summed E-state index contributed by atoms with van der Waals surface area (Å²) in [6, 6.07) is 6.51. The van der Waals surface area contributed by atoms with E-state index < -0.39 is 5.97 Å². The molecule has 1 saturated heterocycles. The predicted octanol–water partition coefficient (Wildman–Crippen LogP) is 0.621. The number of nitrogens with zero attached hydrogens (tertiary/aromatic N) is 5. The molecule has 0 atom stereocenters. The lowest BCUT2D eigenvalue weighted by molar-refractivity contribution is 0.0593. The molecule has 3 rings (SSSR count). The first-order valence-corrected chi connectivity index (χ1v) is 7.55. The van der Waals surface area contributed by atoms with Gasteiger partial charge in [0.1, 0.15) is 11.4 Å². The summed E-state index contributed by atoms with van der Waals surface area (Å²) in [7, 11) is 1.28. The van der Waals surface area contributed by atoms with Gasteiger partial charge >= 0.3 is 5.97 Å². The van der Waals surface area contributed by atoms with Crippen molar-refractivity contribution in [2.75, 3.05) is 38.2 Å². The van der Waals surface area contributed by atoms with E-state index in [1.165, 1.54) is 13.2 Å². The lowest BCUT2D eigenvalue weighted by Crippen LogP contribution is -2.49. The summed E-state index contributed by atoms with van der Waals surface area (Å²) in [5.74, 6) is -0.0968. The van der Waals surface area contributed by atoms with Gasteiger partial charge in [-0.15, -0.1) is 0 Å². The van der Waals surface area contributed by atoms with Gasteiger partial charge < -0.3 is 14.5 Å². The van der Waals surface area contributed by atoms with Crippen LogP contribution in [-0.2, 0) is 4.74 Å². The number of aromatic nitrogens is 3. The van der Waals surface area contributed by atoms with E-state index in [4.69, 9.17) is 0 Å². The van der Waals surface area contributed by atoms with Gasteiger partial charge in [-0.05, 0) is 18.2 Å². The minimum absolute atomic E-state index is 0.125. The van der Waals surface area contributed by atoms with E-state index in [0.29, 0.717) is 32.1 Å². The highest BCUT2D eigenvalue weighted by Gasteiger charge is 2.24.